The molecule has 0 aliphatic carbocycles. The van der Waals surface area contributed by atoms with E-state index >= 15 is 0 Å². The van der Waals surface area contributed by atoms with Crippen LogP contribution in [0.2, 0.25) is 0 Å². The van der Waals surface area contributed by atoms with Crippen molar-refractivity contribution >= 4 is 40.8 Å². The van der Waals surface area contributed by atoms with Gasteiger partial charge in [-0.25, -0.2) is 9.78 Å². The molecular formula is C24H28N4O3S2. The molecule has 7 nitrogen and oxygen atoms in total. The molecule has 0 radical (unpaired) electrons. The molecule has 2 N–H and O–H groups in total. The number of carbonyl (C=O) groups is 2. The normalized spacial score (nSPS) is 12.1. The molecular weight excluding hydrogens is 456 g/mol. The van der Waals surface area contributed by atoms with Crippen LogP contribution in [0.15, 0.2) is 54.0 Å². The van der Waals surface area contributed by atoms with E-state index in [1.807, 2.05) is 54.1 Å². The fraction of sp³-hybridized carbons (Fsp3) is 0.333. The molecule has 0 bridgehead atoms. The van der Waals surface area contributed by atoms with Gasteiger partial charge in [0.15, 0.2) is 0 Å². The summed E-state index contributed by atoms with van der Waals surface area (Å²) in [5.74, 6) is 0.433. The number of hydrogen-bond donors (Lipinski definition) is 2. The summed E-state index contributed by atoms with van der Waals surface area (Å²) in [6, 6.07) is 12.5. The highest BCUT2D eigenvalue weighted by Crippen LogP contribution is 2.29. The number of thiazole rings is 1. The Morgan fingerprint density at radius 2 is 1.97 bits per heavy atom. The Kier molecular flexibility index (Phi) is 8.46. The van der Waals surface area contributed by atoms with E-state index in [-0.39, 0.29) is 5.91 Å². The first kappa shape index (κ1) is 24.7. The fourth-order valence-corrected chi connectivity index (χ4v) is 4.23. The molecule has 1 aromatic carbocycles. The minimum absolute atomic E-state index is 0.292. The van der Waals surface area contributed by atoms with Crippen molar-refractivity contribution in [3.05, 3.63) is 54.0 Å². The number of pyridine rings is 1. The van der Waals surface area contributed by atoms with Crippen LogP contribution in [0.1, 0.15) is 27.2 Å². The number of ether oxygens (including phenoxy) is 1. The van der Waals surface area contributed by atoms with Crippen LogP contribution in [0.5, 0.6) is 0 Å². The van der Waals surface area contributed by atoms with E-state index in [0.717, 1.165) is 27.7 Å². The largest absolute Gasteiger partial charge is 0.444 e. The number of rotatable bonds is 8. The SMILES string of the molecule is CSCCC(NC(=O)OC(C)(C)C)C(=O)Nc1cccc(-c2csc(-c3ccccn3)n2)c1. The second kappa shape index (κ2) is 11.3. The summed E-state index contributed by atoms with van der Waals surface area (Å²) < 4.78 is 5.32. The Hall–Kier alpha value is -2.91. The zero-order chi connectivity index (χ0) is 23.8. The van der Waals surface area contributed by atoms with Gasteiger partial charge in [-0.1, -0.05) is 18.2 Å². The molecule has 33 heavy (non-hydrogen) atoms. The highest BCUT2D eigenvalue weighted by atomic mass is 32.2. The van der Waals surface area contributed by atoms with Gasteiger partial charge in [0.05, 0.1) is 11.4 Å². The molecule has 174 valence electrons. The molecule has 2 aromatic heterocycles. The lowest BCUT2D eigenvalue weighted by atomic mass is 10.1. The van der Waals surface area contributed by atoms with Crippen LogP contribution in [0.25, 0.3) is 22.0 Å². The third-order valence-corrected chi connectivity index (χ3v) is 5.94. The molecule has 3 rings (SSSR count). The van der Waals surface area contributed by atoms with Gasteiger partial charge in [0.2, 0.25) is 5.91 Å². The molecule has 0 fully saturated rings. The molecule has 9 heteroatoms. The van der Waals surface area contributed by atoms with Crippen molar-refractivity contribution < 1.29 is 14.3 Å². The van der Waals surface area contributed by atoms with Gasteiger partial charge in [0.25, 0.3) is 0 Å². The number of benzene rings is 1. The van der Waals surface area contributed by atoms with E-state index in [0.29, 0.717) is 12.1 Å². The van der Waals surface area contributed by atoms with E-state index in [9.17, 15) is 9.59 Å². The molecule has 1 atom stereocenters. The van der Waals surface area contributed by atoms with E-state index < -0.39 is 17.7 Å². The lowest BCUT2D eigenvalue weighted by Crippen LogP contribution is -2.46. The highest BCUT2D eigenvalue weighted by molar-refractivity contribution is 7.98. The Labute approximate surface area is 202 Å². The number of hydrogen-bond acceptors (Lipinski definition) is 7. The maximum absolute atomic E-state index is 12.9. The average Bonchev–Trinajstić information content (AvgIpc) is 3.26. The summed E-state index contributed by atoms with van der Waals surface area (Å²) in [7, 11) is 0. The topological polar surface area (TPSA) is 93.2 Å². The molecule has 0 aliphatic rings. The molecule has 2 amide bonds. The lowest BCUT2D eigenvalue weighted by molar-refractivity contribution is -0.118. The van der Waals surface area contributed by atoms with E-state index in [4.69, 9.17) is 4.74 Å². The van der Waals surface area contributed by atoms with Crippen LogP contribution in [-0.2, 0) is 9.53 Å². The second-order valence-electron chi connectivity index (χ2n) is 8.30. The average molecular weight is 485 g/mol. The standard InChI is InChI=1S/C24H28N4O3S2/c1-24(2,3)31-23(30)28-18(11-13-32-4)21(29)26-17-9-7-8-16(14-17)20-15-33-22(27-20)19-10-5-6-12-25-19/h5-10,12,14-15,18H,11,13H2,1-4H3,(H,26,29)(H,28,30). The van der Waals surface area contributed by atoms with Crippen LogP contribution in [0.4, 0.5) is 10.5 Å². The predicted molar refractivity (Wildman–Crippen MR) is 136 cm³/mol. The van der Waals surface area contributed by atoms with Crippen molar-refractivity contribution in [1.82, 2.24) is 15.3 Å². The number of nitrogens with one attached hydrogen (secondary N) is 2. The highest BCUT2D eigenvalue weighted by Gasteiger charge is 2.24. The van der Waals surface area contributed by atoms with Gasteiger partial charge in [-0.2, -0.15) is 11.8 Å². The van der Waals surface area contributed by atoms with Crippen molar-refractivity contribution in [2.75, 3.05) is 17.3 Å². The fourth-order valence-electron chi connectivity index (χ4n) is 2.95. The molecule has 0 spiro atoms. The summed E-state index contributed by atoms with van der Waals surface area (Å²) in [5, 5.41) is 8.41. The van der Waals surface area contributed by atoms with Gasteiger partial charge >= 0.3 is 6.09 Å². The first-order valence-corrected chi connectivity index (χ1v) is 12.8. The Balaban J connectivity index is 1.71. The smallest absolute Gasteiger partial charge is 0.408 e. The zero-order valence-corrected chi connectivity index (χ0v) is 20.8. The number of nitrogens with zero attached hydrogens (tertiary/aromatic N) is 2. The second-order valence-corrected chi connectivity index (χ2v) is 10.1. The summed E-state index contributed by atoms with van der Waals surface area (Å²) in [4.78, 5) is 34.2. The van der Waals surface area contributed by atoms with E-state index in [1.165, 1.54) is 11.3 Å². The first-order valence-electron chi connectivity index (χ1n) is 10.5. The van der Waals surface area contributed by atoms with Crippen molar-refractivity contribution in [3.63, 3.8) is 0 Å². The number of amides is 2. The lowest BCUT2D eigenvalue weighted by Gasteiger charge is -2.23. The predicted octanol–water partition coefficient (Wildman–Crippen LogP) is 5.46. The minimum atomic E-state index is -0.703. The first-order chi connectivity index (χ1) is 15.7. The van der Waals surface area contributed by atoms with Crippen molar-refractivity contribution in [2.24, 2.45) is 0 Å². The third kappa shape index (κ3) is 7.57. The number of thioether (sulfide) groups is 1. The van der Waals surface area contributed by atoms with Gasteiger partial charge in [0, 0.05) is 22.8 Å². The number of aromatic nitrogens is 2. The number of anilines is 1. The molecule has 0 saturated carbocycles. The summed E-state index contributed by atoms with van der Waals surface area (Å²) >= 11 is 3.13. The molecule has 0 saturated heterocycles. The quantitative estimate of drug-likeness (QED) is 0.441. The van der Waals surface area contributed by atoms with Crippen LogP contribution in [0, 0.1) is 0 Å². The third-order valence-electron chi connectivity index (χ3n) is 4.43. The number of alkyl carbamates (subject to hydrolysis) is 1. The van der Waals surface area contributed by atoms with Gasteiger partial charge < -0.3 is 15.4 Å². The Bertz CT molecular complexity index is 1080. The number of carbonyl (C=O) groups excluding carboxylic acids is 2. The molecule has 0 aliphatic heterocycles. The summed E-state index contributed by atoms with van der Waals surface area (Å²) in [5.41, 5.74) is 2.50. The van der Waals surface area contributed by atoms with E-state index in [1.54, 1.807) is 38.7 Å². The van der Waals surface area contributed by atoms with Gasteiger partial charge in [-0.05, 0) is 63.5 Å². The van der Waals surface area contributed by atoms with Crippen LogP contribution in [0.3, 0.4) is 0 Å². The van der Waals surface area contributed by atoms with Gasteiger partial charge in [-0.3, -0.25) is 9.78 Å². The molecule has 3 aromatic rings. The van der Waals surface area contributed by atoms with Gasteiger partial charge in [0.1, 0.15) is 16.7 Å². The van der Waals surface area contributed by atoms with Crippen molar-refractivity contribution in [3.8, 4) is 22.0 Å². The maximum atomic E-state index is 12.9. The maximum Gasteiger partial charge on any atom is 0.408 e. The summed E-state index contributed by atoms with van der Waals surface area (Å²) in [6.07, 6.45) is 3.58. The summed E-state index contributed by atoms with van der Waals surface area (Å²) in [6.45, 7) is 5.35. The van der Waals surface area contributed by atoms with Crippen LogP contribution < -0.4 is 10.6 Å². The van der Waals surface area contributed by atoms with Crippen molar-refractivity contribution in [2.45, 2.75) is 38.8 Å². The monoisotopic (exact) mass is 484 g/mol. The van der Waals surface area contributed by atoms with Crippen LogP contribution in [-0.4, -0.2) is 45.6 Å². The molecule has 1 unspecified atom stereocenters. The minimum Gasteiger partial charge on any atom is -0.444 e. The Morgan fingerprint density at radius 3 is 2.67 bits per heavy atom. The van der Waals surface area contributed by atoms with Crippen molar-refractivity contribution in [1.29, 1.82) is 0 Å². The van der Waals surface area contributed by atoms with Gasteiger partial charge in [-0.15, -0.1) is 11.3 Å². The zero-order valence-electron chi connectivity index (χ0n) is 19.1. The Morgan fingerprint density at radius 1 is 1.15 bits per heavy atom. The molecule has 2 heterocycles. The van der Waals surface area contributed by atoms with Crippen LogP contribution >= 0.6 is 23.1 Å². The van der Waals surface area contributed by atoms with E-state index in [2.05, 4.69) is 20.6 Å².